The molecular weight excluding hydrogens is 454 g/mol. The third-order valence-corrected chi connectivity index (χ3v) is 6.54. The lowest BCUT2D eigenvalue weighted by Crippen LogP contribution is -2.32. The summed E-state index contributed by atoms with van der Waals surface area (Å²) in [6, 6.07) is 19.9. The summed E-state index contributed by atoms with van der Waals surface area (Å²) in [5.74, 6) is 0.708. The van der Waals surface area contributed by atoms with Gasteiger partial charge in [-0.05, 0) is 36.8 Å². The zero-order chi connectivity index (χ0) is 24.6. The van der Waals surface area contributed by atoms with Crippen LogP contribution in [0, 0.1) is 6.92 Å². The highest BCUT2D eigenvalue weighted by Gasteiger charge is 2.23. The Bertz CT molecular complexity index is 1240. The van der Waals surface area contributed by atoms with Crippen LogP contribution >= 0.6 is 0 Å². The van der Waals surface area contributed by atoms with Gasteiger partial charge in [0, 0.05) is 18.1 Å². The Hall–Kier alpha value is -3.69. The molecule has 1 amide bonds. The fraction of sp³-hybridized carbons (Fsp3) is 0.200. The first kappa shape index (κ1) is 24.9. The maximum Gasteiger partial charge on any atom is 0.242 e. The standard InChI is InChI=1S/C25H27N3O5S/c1-18-9-13-22(14-10-18)34(30,31)28-23(19-7-5-4-6-8-19)16-25(29)27-26-17-20-11-12-21(32-2)15-24(20)33-3/h4-15,17,23,28H,16H2,1-3H3,(H,27,29)/b26-17-/t23-/m0/s1. The second-order valence-corrected chi connectivity index (χ2v) is 9.22. The molecule has 178 valence electrons. The van der Waals surface area contributed by atoms with Gasteiger partial charge in [0.25, 0.3) is 0 Å². The molecule has 3 aromatic carbocycles. The van der Waals surface area contributed by atoms with E-state index in [1.165, 1.54) is 25.5 Å². The number of rotatable bonds is 10. The van der Waals surface area contributed by atoms with Crippen LogP contribution in [0.25, 0.3) is 0 Å². The zero-order valence-electron chi connectivity index (χ0n) is 19.2. The molecule has 0 fully saturated rings. The SMILES string of the molecule is COc1ccc(/C=N\NC(=O)C[C@H](NS(=O)(=O)c2ccc(C)cc2)c2ccccc2)c(OC)c1. The van der Waals surface area contributed by atoms with Crippen LogP contribution in [-0.4, -0.2) is 34.8 Å². The molecular formula is C25H27N3O5S. The van der Waals surface area contributed by atoms with Gasteiger partial charge in [-0.1, -0.05) is 48.0 Å². The second kappa shape index (κ2) is 11.4. The first-order valence-corrected chi connectivity index (χ1v) is 12.0. The average molecular weight is 482 g/mol. The molecule has 3 aromatic rings. The Morgan fingerprint density at radius 1 is 1.00 bits per heavy atom. The third kappa shape index (κ3) is 6.66. The summed E-state index contributed by atoms with van der Waals surface area (Å²) in [4.78, 5) is 12.8. The molecule has 8 nitrogen and oxygen atoms in total. The molecule has 0 spiro atoms. The molecule has 0 aliphatic carbocycles. The van der Waals surface area contributed by atoms with Crippen LogP contribution in [0.2, 0.25) is 0 Å². The van der Waals surface area contributed by atoms with Crippen LogP contribution in [0.3, 0.4) is 0 Å². The van der Waals surface area contributed by atoms with Crippen LogP contribution in [0.15, 0.2) is 82.8 Å². The fourth-order valence-corrected chi connectivity index (χ4v) is 4.44. The molecule has 0 bridgehead atoms. The molecule has 3 rings (SSSR count). The highest BCUT2D eigenvalue weighted by Crippen LogP contribution is 2.23. The predicted molar refractivity (Wildman–Crippen MR) is 131 cm³/mol. The van der Waals surface area contributed by atoms with Crippen molar-refractivity contribution < 1.29 is 22.7 Å². The molecule has 0 aromatic heterocycles. The topological polar surface area (TPSA) is 106 Å². The second-order valence-electron chi connectivity index (χ2n) is 7.50. The highest BCUT2D eigenvalue weighted by atomic mass is 32.2. The number of hydrazone groups is 1. The number of amides is 1. The Labute approximate surface area is 199 Å². The number of nitrogens with zero attached hydrogens (tertiary/aromatic N) is 1. The summed E-state index contributed by atoms with van der Waals surface area (Å²) in [6.07, 6.45) is 1.30. The van der Waals surface area contributed by atoms with E-state index in [1.54, 1.807) is 61.7 Å². The van der Waals surface area contributed by atoms with Crippen molar-refractivity contribution in [3.05, 3.63) is 89.5 Å². The molecule has 0 aliphatic rings. The Morgan fingerprint density at radius 2 is 1.71 bits per heavy atom. The number of sulfonamides is 1. The molecule has 0 aliphatic heterocycles. The minimum absolute atomic E-state index is 0.129. The van der Waals surface area contributed by atoms with Crippen LogP contribution < -0.4 is 19.6 Å². The summed E-state index contributed by atoms with van der Waals surface area (Å²) in [5, 5.41) is 3.99. The van der Waals surface area contributed by atoms with Crippen molar-refractivity contribution in [3.8, 4) is 11.5 Å². The normalized spacial score (nSPS) is 12.3. The van der Waals surface area contributed by atoms with Crippen molar-refractivity contribution in [2.24, 2.45) is 5.10 Å². The van der Waals surface area contributed by atoms with E-state index in [2.05, 4.69) is 15.2 Å². The van der Waals surface area contributed by atoms with E-state index in [9.17, 15) is 13.2 Å². The molecule has 0 saturated heterocycles. The number of hydrogen-bond acceptors (Lipinski definition) is 6. The van der Waals surface area contributed by atoms with Crippen LogP contribution in [0.4, 0.5) is 0 Å². The first-order valence-electron chi connectivity index (χ1n) is 10.5. The van der Waals surface area contributed by atoms with Gasteiger partial charge in [0.15, 0.2) is 0 Å². The summed E-state index contributed by atoms with van der Waals surface area (Å²) in [5.41, 5.74) is 4.70. The van der Waals surface area contributed by atoms with E-state index >= 15 is 0 Å². The van der Waals surface area contributed by atoms with Crippen molar-refractivity contribution in [2.45, 2.75) is 24.3 Å². The van der Waals surface area contributed by atoms with Crippen molar-refractivity contribution in [1.82, 2.24) is 10.1 Å². The Kier molecular flexibility index (Phi) is 8.39. The smallest absolute Gasteiger partial charge is 0.242 e. The maximum atomic E-state index is 12.9. The Morgan fingerprint density at radius 3 is 2.35 bits per heavy atom. The van der Waals surface area contributed by atoms with Gasteiger partial charge < -0.3 is 9.47 Å². The van der Waals surface area contributed by atoms with Crippen LogP contribution in [0.5, 0.6) is 11.5 Å². The number of hydrogen-bond donors (Lipinski definition) is 2. The van der Waals surface area contributed by atoms with Gasteiger partial charge in [-0.3, -0.25) is 4.79 Å². The van der Waals surface area contributed by atoms with Gasteiger partial charge in [0.05, 0.1) is 31.4 Å². The third-order valence-electron chi connectivity index (χ3n) is 5.05. The lowest BCUT2D eigenvalue weighted by Gasteiger charge is -2.18. The van der Waals surface area contributed by atoms with E-state index in [4.69, 9.17) is 9.47 Å². The van der Waals surface area contributed by atoms with Crippen molar-refractivity contribution >= 4 is 22.1 Å². The maximum absolute atomic E-state index is 12.9. The quantitative estimate of drug-likeness (QED) is 0.340. The summed E-state index contributed by atoms with van der Waals surface area (Å²) >= 11 is 0. The number of benzene rings is 3. The molecule has 0 radical (unpaired) electrons. The largest absolute Gasteiger partial charge is 0.497 e. The summed E-state index contributed by atoms with van der Waals surface area (Å²) < 4.78 is 39.0. The summed E-state index contributed by atoms with van der Waals surface area (Å²) in [7, 11) is -0.768. The molecule has 0 saturated carbocycles. The fourth-order valence-electron chi connectivity index (χ4n) is 3.22. The van der Waals surface area contributed by atoms with E-state index < -0.39 is 22.0 Å². The number of carbonyl (C=O) groups is 1. The molecule has 34 heavy (non-hydrogen) atoms. The van der Waals surface area contributed by atoms with Crippen molar-refractivity contribution in [1.29, 1.82) is 0 Å². The van der Waals surface area contributed by atoms with E-state index in [0.29, 0.717) is 22.6 Å². The Balaban J connectivity index is 1.74. The van der Waals surface area contributed by atoms with Gasteiger partial charge in [0.2, 0.25) is 15.9 Å². The molecule has 0 unspecified atom stereocenters. The summed E-state index contributed by atoms with van der Waals surface area (Å²) in [6.45, 7) is 1.88. The monoisotopic (exact) mass is 481 g/mol. The van der Waals surface area contributed by atoms with Crippen molar-refractivity contribution in [3.63, 3.8) is 0 Å². The van der Waals surface area contributed by atoms with Crippen LogP contribution in [-0.2, 0) is 14.8 Å². The average Bonchev–Trinajstić information content (AvgIpc) is 2.84. The van der Waals surface area contributed by atoms with Crippen molar-refractivity contribution in [2.75, 3.05) is 14.2 Å². The number of nitrogens with one attached hydrogen (secondary N) is 2. The number of aryl methyl sites for hydroxylation is 1. The molecule has 0 heterocycles. The van der Waals surface area contributed by atoms with E-state index in [1.807, 2.05) is 13.0 Å². The number of ether oxygens (including phenoxy) is 2. The van der Waals surface area contributed by atoms with Gasteiger partial charge in [0.1, 0.15) is 11.5 Å². The van der Waals surface area contributed by atoms with Gasteiger partial charge in [-0.15, -0.1) is 0 Å². The minimum atomic E-state index is -3.85. The highest BCUT2D eigenvalue weighted by molar-refractivity contribution is 7.89. The minimum Gasteiger partial charge on any atom is -0.497 e. The van der Waals surface area contributed by atoms with Gasteiger partial charge in [-0.25, -0.2) is 18.6 Å². The molecule has 1 atom stereocenters. The van der Waals surface area contributed by atoms with E-state index in [0.717, 1.165) is 5.56 Å². The van der Waals surface area contributed by atoms with E-state index in [-0.39, 0.29) is 11.3 Å². The van der Waals surface area contributed by atoms with Gasteiger partial charge >= 0.3 is 0 Å². The van der Waals surface area contributed by atoms with Crippen LogP contribution in [0.1, 0.15) is 29.2 Å². The number of carbonyl (C=O) groups excluding carboxylic acids is 1. The van der Waals surface area contributed by atoms with Gasteiger partial charge in [-0.2, -0.15) is 5.10 Å². The molecule has 9 heteroatoms. The number of methoxy groups -OCH3 is 2. The lowest BCUT2D eigenvalue weighted by molar-refractivity contribution is -0.121. The molecule has 2 N–H and O–H groups in total. The predicted octanol–water partition coefficient (Wildman–Crippen LogP) is 3.57. The lowest BCUT2D eigenvalue weighted by atomic mass is 10.0. The first-order chi connectivity index (χ1) is 16.3. The zero-order valence-corrected chi connectivity index (χ0v) is 20.0.